The monoisotopic (exact) mass is 542 g/mol. The van der Waals surface area contributed by atoms with E-state index in [9.17, 15) is 14.0 Å². The summed E-state index contributed by atoms with van der Waals surface area (Å²) < 4.78 is 13.7. The van der Waals surface area contributed by atoms with Gasteiger partial charge in [-0.3, -0.25) is 14.6 Å². The maximum atomic E-state index is 13.1. The zero-order chi connectivity index (χ0) is 26.4. The van der Waals surface area contributed by atoms with Crippen molar-refractivity contribution in [1.82, 2.24) is 14.4 Å². The first-order valence-electron chi connectivity index (χ1n) is 12.9. The largest absolute Gasteiger partial charge is 0.307 e. The van der Waals surface area contributed by atoms with Gasteiger partial charge in [-0.05, 0) is 43.5 Å². The van der Waals surface area contributed by atoms with Crippen molar-refractivity contribution in [2.24, 2.45) is 5.92 Å². The molecule has 5 nitrogen and oxygen atoms in total. The average Bonchev–Trinajstić information content (AvgIpc) is 3.63. The predicted molar refractivity (Wildman–Crippen MR) is 150 cm³/mol. The molecule has 1 aromatic carbocycles. The summed E-state index contributed by atoms with van der Waals surface area (Å²) in [5, 5.41) is 0.628. The van der Waals surface area contributed by atoms with Gasteiger partial charge in [0.1, 0.15) is 30.0 Å². The molecule has 37 heavy (non-hydrogen) atoms. The van der Waals surface area contributed by atoms with Gasteiger partial charge >= 0.3 is 0 Å². The predicted octanol–water partition coefficient (Wildman–Crippen LogP) is 6.09. The second kappa shape index (κ2) is 12.4. The number of benzene rings is 1. The number of halogens is 2. The Morgan fingerprint density at radius 2 is 1.97 bits per heavy atom. The number of carbonyl (C=O) groups is 2. The van der Waals surface area contributed by atoms with Crippen LogP contribution in [-0.4, -0.2) is 52.2 Å². The van der Waals surface area contributed by atoms with E-state index in [1.807, 2.05) is 26.1 Å². The number of aryl methyl sites for hydroxylation is 1. The number of nitrogens with zero attached hydrogens (tertiary/aromatic N) is 3. The molecular formula is C29H34ClFN3O2S+. The number of amides is 1. The van der Waals surface area contributed by atoms with Gasteiger partial charge < -0.3 is 4.90 Å². The van der Waals surface area contributed by atoms with Crippen LogP contribution < -0.4 is 4.48 Å². The molecule has 8 heteroatoms. The van der Waals surface area contributed by atoms with Crippen molar-refractivity contribution in [2.45, 2.75) is 45.6 Å². The molecule has 1 fully saturated rings. The van der Waals surface area contributed by atoms with E-state index >= 15 is 0 Å². The third kappa shape index (κ3) is 6.70. The van der Waals surface area contributed by atoms with Crippen molar-refractivity contribution in [3.05, 3.63) is 83.2 Å². The molecule has 4 rings (SSSR count). The Morgan fingerprint density at radius 1 is 1.22 bits per heavy atom. The molecule has 2 aliphatic rings. The number of hydrogen-bond donors (Lipinski definition) is 0. The molecule has 0 radical (unpaired) electrons. The molecule has 196 valence electrons. The lowest BCUT2D eigenvalue weighted by atomic mass is 9.96. The second-order valence-electron chi connectivity index (χ2n) is 9.70. The van der Waals surface area contributed by atoms with Gasteiger partial charge in [-0.2, -0.15) is 11.8 Å². The number of hydrogen-bond acceptors (Lipinski definition) is 4. The van der Waals surface area contributed by atoms with Gasteiger partial charge in [-0.1, -0.05) is 30.7 Å². The van der Waals surface area contributed by atoms with E-state index in [2.05, 4.69) is 23.3 Å². The van der Waals surface area contributed by atoms with Crippen LogP contribution in [0.25, 0.3) is 0 Å². The number of thioether (sulfide) groups is 1. The summed E-state index contributed by atoms with van der Waals surface area (Å²) in [5.74, 6) is 1.35. The molecule has 1 aromatic heterocycles. The van der Waals surface area contributed by atoms with Crippen LogP contribution >= 0.6 is 23.4 Å². The molecule has 1 amide bonds. The number of aromatic nitrogens is 1. The quantitative estimate of drug-likeness (QED) is 0.175. The van der Waals surface area contributed by atoms with Crippen LogP contribution in [0.3, 0.4) is 0 Å². The Hall–Kier alpha value is -2.48. The summed E-state index contributed by atoms with van der Waals surface area (Å²) in [6.07, 6.45) is 10.2. The Bertz CT molecular complexity index is 1170. The van der Waals surface area contributed by atoms with Crippen molar-refractivity contribution in [2.75, 3.05) is 24.6 Å². The van der Waals surface area contributed by atoms with Crippen LogP contribution in [0.1, 0.15) is 38.7 Å². The van der Waals surface area contributed by atoms with E-state index in [0.717, 1.165) is 36.3 Å². The first kappa shape index (κ1) is 27.6. The van der Waals surface area contributed by atoms with Crippen LogP contribution in [0.2, 0.25) is 0 Å². The third-order valence-corrected chi connectivity index (χ3v) is 8.51. The number of pyridine rings is 1. The van der Waals surface area contributed by atoms with E-state index in [-0.39, 0.29) is 23.4 Å². The standard InChI is InChI=1S/C29H34ClFN3O2S/c1-3-33(27-20-34(19-25(34)17-26(27)30)24-5-4-14-32-18-24)29(36)13-16-37-15-12-28(35)21(2)6-7-22-8-10-23(31)11-9-22/h4-5,8-11,14,17-18,20-21,25H,3,6-7,12-13,15-16,19H2,1-2H3/q+1. The summed E-state index contributed by atoms with van der Waals surface area (Å²) in [5.41, 5.74) is 2.91. The number of quaternary nitrogens is 1. The van der Waals surface area contributed by atoms with Crippen molar-refractivity contribution in [1.29, 1.82) is 0 Å². The van der Waals surface area contributed by atoms with Crippen molar-refractivity contribution >= 4 is 40.7 Å². The Balaban J connectivity index is 1.22. The zero-order valence-corrected chi connectivity index (χ0v) is 23.0. The van der Waals surface area contributed by atoms with E-state index in [4.69, 9.17) is 11.6 Å². The minimum absolute atomic E-state index is 0.0356. The highest BCUT2D eigenvalue weighted by molar-refractivity contribution is 7.99. The Kier molecular flexibility index (Phi) is 9.22. The maximum Gasteiger partial charge on any atom is 0.227 e. The fourth-order valence-corrected chi connectivity index (χ4v) is 5.96. The van der Waals surface area contributed by atoms with Crippen LogP contribution in [0.4, 0.5) is 10.1 Å². The van der Waals surface area contributed by atoms with Gasteiger partial charge in [0.2, 0.25) is 5.91 Å². The number of allylic oxidation sites excluding steroid dienone is 1. The van der Waals surface area contributed by atoms with Crippen LogP contribution in [0.15, 0.2) is 71.8 Å². The highest BCUT2D eigenvalue weighted by Gasteiger charge is 2.57. The number of rotatable bonds is 13. The number of carbonyl (C=O) groups excluding carboxylic acids is 2. The van der Waals surface area contributed by atoms with Gasteiger partial charge in [0, 0.05) is 55.1 Å². The van der Waals surface area contributed by atoms with Crippen LogP contribution in [0, 0.1) is 11.7 Å². The molecule has 0 N–H and O–H groups in total. The summed E-state index contributed by atoms with van der Waals surface area (Å²) in [7, 11) is 0. The van der Waals surface area contributed by atoms with E-state index in [1.165, 1.54) is 12.1 Å². The number of fused-ring (bicyclic) bond motifs is 1. The average molecular weight is 543 g/mol. The highest BCUT2D eigenvalue weighted by Crippen LogP contribution is 2.45. The summed E-state index contributed by atoms with van der Waals surface area (Å²) in [4.78, 5) is 31.7. The van der Waals surface area contributed by atoms with E-state index in [0.29, 0.717) is 46.4 Å². The van der Waals surface area contributed by atoms with Crippen molar-refractivity contribution < 1.29 is 14.0 Å². The zero-order valence-electron chi connectivity index (χ0n) is 21.4. The first-order valence-corrected chi connectivity index (χ1v) is 14.4. The smallest absolute Gasteiger partial charge is 0.227 e. The van der Waals surface area contributed by atoms with Gasteiger partial charge in [0.05, 0.1) is 11.2 Å². The molecule has 3 unspecified atom stereocenters. The molecule has 1 saturated heterocycles. The number of likely N-dealkylation sites (N-methyl/N-ethyl adjacent to an activating group) is 1. The lowest BCUT2D eigenvalue weighted by Gasteiger charge is -2.27. The molecule has 0 spiro atoms. The van der Waals surface area contributed by atoms with Crippen LogP contribution in [0.5, 0.6) is 0 Å². The van der Waals surface area contributed by atoms with Gasteiger partial charge in [-0.25, -0.2) is 8.87 Å². The molecule has 0 saturated carbocycles. The van der Waals surface area contributed by atoms with E-state index in [1.54, 1.807) is 35.0 Å². The Morgan fingerprint density at radius 3 is 2.68 bits per heavy atom. The van der Waals surface area contributed by atoms with Crippen molar-refractivity contribution in [3.8, 4) is 0 Å². The van der Waals surface area contributed by atoms with E-state index < -0.39 is 0 Å². The summed E-state index contributed by atoms with van der Waals surface area (Å²) in [6, 6.07) is 10.7. The molecular weight excluding hydrogens is 509 g/mol. The summed E-state index contributed by atoms with van der Waals surface area (Å²) >= 11 is 8.24. The molecule has 0 aliphatic carbocycles. The SMILES string of the molecule is CCN(C(=O)CCSCCC(=O)C(C)CCc1ccc(F)cc1)C1=C[N+]2(c3cccnc3)CC2C=C1Cl. The van der Waals surface area contributed by atoms with Gasteiger partial charge in [-0.15, -0.1) is 0 Å². The lowest BCUT2D eigenvalue weighted by Crippen LogP contribution is -2.35. The maximum absolute atomic E-state index is 13.1. The fourth-order valence-electron chi connectivity index (χ4n) is 4.79. The first-order chi connectivity index (χ1) is 17.8. The third-order valence-electron chi connectivity index (χ3n) is 7.20. The second-order valence-corrected chi connectivity index (χ2v) is 11.3. The minimum atomic E-state index is -0.246. The lowest BCUT2D eigenvalue weighted by molar-refractivity contribution is -0.128. The normalized spacial score (nSPS) is 20.9. The van der Waals surface area contributed by atoms with Gasteiger partial charge in [0.25, 0.3) is 0 Å². The topological polar surface area (TPSA) is 50.3 Å². The molecule has 3 atom stereocenters. The number of Topliss-reactive ketones (excluding diaryl/α,β-unsaturated/α-hetero) is 1. The van der Waals surface area contributed by atoms with Crippen molar-refractivity contribution in [3.63, 3.8) is 0 Å². The fraction of sp³-hybridized carbons (Fsp3) is 0.414. The highest BCUT2D eigenvalue weighted by atomic mass is 35.5. The molecule has 3 heterocycles. The number of ketones is 1. The molecule has 2 aliphatic heterocycles. The van der Waals surface area contributed by atoms with Crippen LogP contribution in [-0.2, 0) is 16.0 Å². The Labute approximate surface area is 228 Å². The van der Waals surface area contributed by atoms with Gasteiger partial charge in [0.15, 0.2) is 11.7 Å². The minimum Gasteiger partial charge on any atom is -0.307 e. The summed E-state index contributed by atoms with van der Waals surface area (Å²) in [6.45, 7) is 5.38. The molecule has 0 bridgehead atoms. The molecule has 2 aromatic rings.